The monoisotopic (exact) mass is 237 g/mol. The van der Waals surface area contributed by atoms with Crippen LogP contribution < -0.4 is 5.32 Å². The topological polar surface area (TPSA) is 41.3 Å². The van der Waals surface area contributed by atoms with Crippen molar-refractivity contribution in [3.63, 3.8) is 0 Å². The zero-order chi connectivity index (χ0) is 12.4. The molecule has 0 bridgehead atoms. The Morgan fingerprint density at radius 1 is 1.59 bits per heavy atom. The Bertz CT molecular complexity index is 363. The molecule has 17 heavy (non-hydrogen) atoms. The molecule has 0 spiro atoms. The fourth-order valence-corrected chi connectivity index (χ4v) is 2.74. The number of aromatic nitrogens is 1. The molecule has 1 saturated heterocycles. The lowest BCUT2D eigenvalue weighted by atomic mass is 9.97. The summed E-state index contributed by atoms with van der Waals surface area (Å²) in [4.78, 5) is 6.83. The number of aryl methyl sites for hydroxylation is 1. The van der Waals surface area contributed by atoms with E-state index in [0.29, 0.717) is 12.1 Å². The normalized spacial score (nSPS) is 28.2. The van der Waals surface area contributed by atoms with E-state index >= 15 is 0 Å². The van der Waals surface area contributed by atoms with Crippen molar-refractivity contribution in [2.75, 3.05) is 13.6 Å². The highest BCUT2D eigenvalue weighted by Gasteiger charge is 2.30. The molecule has 0 saturated carbocycles. The van der Waals surface area contributed by atoms with Gasteiger partial charge < -0.3 is 9.73 Å². The van der Waals surface area contributed by atoms with Crippen LogP contribution in [-0.2, 0) is 0 Å². The van der Waals surface area contributed by atoms with Crippen molar-refractivity contribution in [1.29, 1.82) is 0 Å². The number of nitrogens with zero attached hydrogens (tertiary/aromatic N) is 2. The van der Waals surface area contributed by atoms with Gasteiger partial charge >= 0.3 is 0 Å². The molecular formula is C13H23N3O. The molecular weight excluding hydrogens is 214 g/mol. The summed E-state index contributed by atoms with van der Waals surface area (Å²) in [6.45, 7) is 7.52. The van der Waals surface area contributed by atoms with Crippen molar-refractivity contribution in [2.45, 2.75) is 51.7 Å². The molecule has 3 unspecified atom stereocenters. The van der Waals surface area contributed by atoms with Crippen LogP contribution >= 0.6 is 0 Å². The number of piperidine rings is 1. The molecule has 3 atom stereocenters. The molecule has 1 N–H and O–H groups in total. The van der Waals surface area contributed by atoms with Crippen molar-refractivity contribution in [3.05, 3.63) is 17.8 Å². The van der Waals surface area contributed by atoms with Crippen LogP contribution in [-0.4, -0.2) is 35.6 Å². The summed E-state index contributed by atoms with van der Waals surface area (Å²) in [5.41, 5.74) is 0. The van der Waals surface area contributed by atoms with Crippen molar-refractivity contribution in [3.8, 4) is 0 Å². The Morgan fingerprint density at radius 3 is 2.88 bits per heavy atom. The molecule has 1 aromatic heterocycles. The summed E-state index contributed by atoms with van der Waals surface area (Å²) in [6, 6.07) is 1.50. The van der Waals surface area contributed by atoms with Gasteiger partial charge in [-0.05, 0) is 40.7 Å². The summed E-state index contributed by atoms with van der Waals surface area (Å²) in [5.74, 6) is 1.74. The van der Waals surface area contributed by atoms with Crippen LogP contribution in [0.4, 0.5) is 0 Å². The third kappa shape index (κ3) is 2.69. The quantitative estimate of drug-likeness (QED) is 0.874. The average Bonchev–Trinajstić information content (AvgIpc) is 2.75. The molecule has 1 aliphatic heterocycles. The van der Waals surface area contributed by atoms with Gasteiger partial charge in [0, 0.05) is 18.6 Å². The highest BCUT2D eigenvalue weighted by Crippen LogP contribution is 2.27. The first-order chi connectivity index (χ1) is 8.11. The summed E-state index contributed by atoms with van der Waals surface area (Å²) in [5, 5.41) is 3.37. The molecule has 1 fully saturated rings. The van der Waals surface area contributed by atoms with Gasteiger partial charge in [0.2, 0.25) is 5.89 Å². The smallest absolute Gasteiger partial charge is 0.211 e. The maximum Gasteiger partial charge on any atom is 0.211 e. The highest BCUT2D eigenvalue weighted by atomic mass is 16.4. The van der Waals surface area contributed by atoms with Crippen LogP contribution in [0.1, 0.15) is 44.4 Å². The van der Waals surface area contributed by atoms with Gasteiger partial charge in [-0.25, -0.2) is 4.98 Å². The van der Waals surface area contributed by atoms with Crippen LogP contribution in [0.15, 0.2) is 10.6 Å². The summed E-state index contributed by atoms with van der Waals surface area (Å²) >= 11 is 0. The predicted octanol–water partition coefficient (Wildman–Crippen LogP) is 2.12. The van der Waals surface area contributed by atoms with E-state index in [0.717, 1.165) is 18.2 Å². The molecule has 1 aliphatic rings. The molecule has 2 heterocycles. The SMILES string of the molecule is CNC1CCN(C(C)c2ncc(C)o2)C(C)C1. The van der Waals surface area contributed by atoms with E-state index in [2.05, 4.69) is 29.0 Å². The van der Waals surface area contributed by atoms with Crippen molar-refractivity contribution < 1.29 is 4.42 Å². The molecule has 0 amide bonds. The molecule has 0 aliphatic carbocycles. The fraction of sp³-hybridized carbons (Fsp3) is 0.769. The maximum atomic E-state index is 5.63. The van der Waals surface area contributed by atoms with Crippen molar-refractivity contribution in [1.82, 2.24) is 15.2 Å². The van der Waals surface area contributed by atoms with Gasteiger partial charge in [-0.3, -0.25) is 4.90 Å². The Balaban J connectivity index is 2.03. The maximum absolute atomic E-state index is 5.63. The Labute approximate surface area is 103 Å². The number of nitrogens with one attached hydrogen (secondary N) is 1. The van der Waals surface area contributed by atoms with Crippen LogP contribution in [0.25, 0.3) is 0 Å². The molecule has 1 aromatic rings. The molecule has 0 radical (unpaired) electrons. The molecule has 4 nitrogen and oxygen atoms in total. The Hall–Kier alpha value is -0.870. The number of oxazole rings is 1. The molecule has 0 aromatic carbocycles. The minimum atomic E-state index is 0.275. The number of likely N-dealkylation sites (tertiary alicyclic amines) is 1. The Morgan fingerprint density at radius 2 is 2.35 bits per heavy atom. The van der Waals surface area contributed by atoms with Crippen LogP contribution in [0.3, 0.4) is 0 Å². The van der Waals surface area contributed by atoms with Gasteiger partial charge in [-0.15, -0.1) is 0 Å². The number of hydrogen-bond donors (Lipinski definition) is 1. The Kier molecular flexibility index (Phi) is 3.84. The summed E-state index contributed by atoms with van der Waals surface area (Å²) in [6.07, 6.45) is 4.20. The summed E-state index contributed by atoms with van der Waals surface area (Å²) < 4.78 is 5.63. The first kappa shape index (κ1) is 12.6. The minimum absolute atomic E-state index is 0.275. The van der Waals surface area contributed by atoms with E-state index < -0.39 is 0 Å². The van der Waals surface area contributed by atoms with E-state index in [1.54, 1.807) is 6.20 Å². The largest absolute Gasteiger partial charge is 0.444 e. The summed E-state index contributed by atoms with van der Waals surface area (Å²) in [7, 11) is 2.05. The number of rotatable bonds is 3. The second-order valence-corrected chi connectivity index (χ2v) is 5.08. The van der Waals surface area contributed by atoms with E-state index in [9.17, 15) is 0 Å². The van der Waals surface area contributed by atoms with Gasteiger partial charge in [-0.1, -0.05) is 0 Å². The van der Waals surface area contributed by atoms with Gasteiger partial charge in [0.25, 0.3) is 0 Å². The highest BCUT2D eigenvalue weighted by molar-refractivity contribution is 4.98. The first-order valence-electron chi connectivity index (χ1n) is 6.47. The standard InChI is InChI=1S/C13H23N3O/c1-9-7-12(14-4)5-6-16(9)11(3)13-15-8-10(2)17-13/h8-9,11-12,14H,5-7H2,1-4H3. The lowest BCUT2D eigenvalue weighted by Crippen LogP contribution is -2.47. The van der Waals surface area contributed by atoms with E-state index in [4.69, 9.17) is 4.42 Å². The minimum Gasteiger partial charge on any atom is -0.444 e. The third-order valence-electron chi connectivity index (χ3n) is 3.83. The second-order valence-electron chi connectivity index (χ2n) is 5.08. The number of hydrogen-bond acceptors (Lipinski definition) is 4. The molecule has 4 heteroatoms. The van der Waals surface area contributed by atoms with Crippen LogP contribution in [0, 0.1) is 6.92 Å². The lowest BCUT2D eigenvalue weighted by Gasteiger charge is -2.40. The fourth-order valence-electron chi connectivity index (χ4n) is 2.74. The zero-order valence-electron chi connectivity index (χ0n) is 11.2. The van der Waals surface area contributed by atoms with E-state index in [1.165, 1.54) is 12.8 Å². The van der Waals surface area contributed by atoms with Gasteiger partial charge in [-0.2, -0.15) is 0 Å². The zero-order valence-corrected chi connectivity index (χ0v) is 11.2. The molecule has 2 rings (SSSR count). The third-order valence-corrected chi connectivity index (χ3v) is 3.83. The first-order valence-corrected chi connectivity index (χ1v) is 6.47. The van der Waals surface area contributed by atoms with Crippen molar-refractivity contribution >= 4 is 0 Å². The van der Waals surface area contributed by atoms with E-state index in [-0.39, 0.29) is 6.04 Å². The van der Waals surface area contributed by atoms with E-state index in [1.807, 2.05) is 14.0 Å². The van der Waals surface area contributed by atoms with Crippen molar-refractivity contribution in [2.24, 2.45) is 0 Å². The lowest BCUT2D eigenvalue weighted by molar-refractivity contribution is 0.0834. The van der Waals surface area contributed by atoms with Gasteiger partial charge in [0.05, 0.1) is 12.2 Å². The van der Waals surface area contributed by atoms with Gasteiger partial charge in [0.1, 0.15) is 5.76 Å². The molecule has 96 valence electrons. The average molecular weight is 237 g/mol. The second kappa shape index (κ2) is 5.19. The van der Waals surface area contributed by atoms with Crippen LogP contribution in [0.5, 0.6) is 0 Å². The van der Waals surface area contributed by atoms with Gasteiger partial charge in [0.15, 0.2) is 0 Å². The predicted molar refractivity (Wildman–Crippen MR) is 67.9 cm³/mol. The van der Waals surface area contributed by atoms with Crippen LogP contribution in [0.2, 0.25) is 0 Å².